The number of carbonyl (C=O) groups is 4. The molecule has 3 amide bonds. The summed E-state index contributed by atoms with van der Waals surface area (Å²) in [5.41, 5.74) is 4.29. The normalized spacial score (nSPS) is 10.7. The Kier molecular flexibility index (Phi) is 13.3. The molecule has 0 saturated carbocycles. The molecule has 5 N–H and O–H groups in total. The van der Waals surface area contributed by atoms with Gasteiger partial charge in [-0.15, -0.1) is 0 Å². The van der Waals surface area contributed by atoms with Gasteiger partial charge in [0.15, 0.2) is 17.1 Å². The maximum absolute atomic E-state index is 12.9. The van der Waals surface area contributed by atoms with Crippen LogP contribution in [0, 0.1) is 0 Å². The fraction of sp³-hybridized carbons (Fsp3) is 0.379. The maximum atomic E-state index is 12.9. The Labute approximate surface area is 266 Å². The molecule has 0 aliphatic carbocycles. The van der Waals surface area contributed by atoms with Crippen molar-refractivity contribution in [3.8, 4) is 17.2 Å². The van der Waals surface area contributed by atoms with Crippen molar-refractivity contribution in [1.82, 2.24) is 19.8 Å². The summed E-state index contributed by atoms with van der Waals surface area (Å²) in [7, 11) is 2.29. The third kappa shape index (κ3) is 9.52. The van der Waals surface area contributed by atoms with Gasteiger partial charge in [0.2, 0.25) is 17.6 Å². The molecule has 3 rings (SSSR count). The molecule has 0 saturated heterocycles. The summed E-state index contributed by atoms with van der Waals surface area (Å²) in [6.07, 6.45) is -1.21. The van der Waals surface area contributed by atoms with E-state index in [4.69, 9.17) is 19.8 Å². The van der Waals surface area contributed by atoms with Crippen molar-refractivity contribution in [1.29, 1.82) is 0 Å². The minimum absolute atomic E-state index is 0.00648. The number of nitrogens with two attached hydrogens (primary N) is 1. The number of nitrogens with zero attached hydrogens (tertiary/aromatic N) is 3. The molecule has 0 fully saturated rings. The summed E-state index contributed by atoms with van der Waals surface area (Å²) in [6, 6.07) is 8.08. The van der Waals surface area contributed by atoms with Gasteiger partial charge in [-0.3, -0.25) is 24.4 Å². The third-order valence-electron chi connectivity index (χ3n) is 6.65. The first kappa shape index (κ1) is 36.0. The van der Waals surface area contributed by atoms with Crippen LogP contribution in [0.3, 0.4) is 0 Å². The van der Waals surface area contributed by atoms with Crippen LogP contribution in [0.4, 0.5) is 4.79 Å². The first-order valence-corrected chi connectivity index (χ1v) is 14.2. The van der Waals surface area contributed by atoms with Crippen LogP contribution in [0.5, 0.6) is 17.2 Å². The molecule has 1 heterocycles. The number of ether oxygens (including phenoxy) is 2. The van der Waals surface area contributed by atoms with Gasteiger partial charge in [0.25, 0.3) is 11.5 Å². The van der Waals surface area contributed by atoms with E-state index in [0.29, 0.717) is 6.42 Å². The molecule has 0 aliphatic heterocycles. The molecule has 0 atom stereocenters. The number of para-hydroxylation sites is 2. The Bertz CT molecular complexity index is 1700. The number of nitrogens with one attached hydrogen (secondary N) is 1. The maximum Gasteiger partial charge on any atom is 0.513 e. The number of amides is 3. The van der Waals surface area contributed by atoms with Crippen LogP contribution in [-0.2, 0) is 25.8 Å². The van der Waals surface area contributed by atoms with Gasteiger partial charge >= 0.3 is 11.9 Å². The number of rotatable bonds is 16. The quantitative estimate of drug-likeness (QED) is 0.0532. The van der Waals surface area contributed by atoms with E-state index >= 15 is 0 Å². The Morgan fingerprint density at radius 2 is 1.72 bits per heavy atom. The van der Waals surface area contributed by atoms with E-state index in [-0.39, 0.29) is 78.7 Å². The Hall–Kier alpha value is -5.46. The van der Waals surface area contributed by atoms with Crippen molar-refractivity contribution >= 4 is 34.8 Å². The lowest BCUT2D eigenvalue weighted by Gasteiger charge is -2.24. The molecular formula is C29H35N5O13. The molecule has 18 heteroatoms. The monoisotopic (exact) mass is 661 g/mol. The van der Waals surface area contributed by atoms with E-state index in [0.717, 1.165) is 11.7 Å². The fourth-order valence-electron chi connectivity index (χ4n) is 4.29. The molecule has 18 nitrogen and oxygen atoms in total. The Morgan fingerprint density at radius 1 is 1.00 bits per heavy atom. The number of hydrogen-bond donors (Lipinski definition) is 4. The highest BCUT2D eigenvalue weighted by atomic mass is 17.2. The van der Waals surface area contributed by atoms with Crippen LogP contribution in [0.25, 0.3) is 11.0 Å². The first-order chi connectivity index (χ1) is 22.5. The highest BCUT2D eigenvalue weighted by Crippen LogP contribution is 2.30. The van der Waals surface area contributed by atoms with E-state index in [9.17, 15) is 39.1 Å². The summed E-state index contributed by atoms with van der Waals surface area (Å²) < 4.78 is 15.2. The molecular weight excluding hydrogens is 626 g/mol. The van der Waals surface area contributed by atoms with Crippen LogP contribution in [-0.4, -0.2) is 95.7 Å². The summed E-state index contributed by atoms with van der Waals surface area (Å²) >= 11 is 0. The first-order valence-electron chi connectivity index (χ1n) is 14.2. The van der Waals surface area contributed by atoms with Crippen LogP contribution in [0.2, 0.25) is 0 Å². The second kappa shape index (κ2) is 17.3. The zero-order valence-corrected chi connectivity index (χ0v) is 25.6. The Morgan fingerprint density at radius 3 is 2.43 bits per heavy atom. The van der Waals surface area contributed by atoms with Gasteiger partial charge in [-0.2, -0.15) is 4.89 Å². The second-order valence-corrected chi connectivity index (χ2v) is 9.72. The van der Waals surface area contributed by atoms with Crippen molar-refractivity contribution in [2.24, 2.45) is 5.73 Å². The lowest BCUT2D eigenvalue weighted by atomic mass is 10.1. The van der Waals surface area contributed by atoms with Crippen molar-refractivity contribution < 1.29 is 53.2 Å². The van der Waals surface area contributed by atoms with Crippen molar-refractivity contribution in [3.63, 3.8) is 0 Å². The number of hydrogen-bond acceptors (Lipinski definition) is 14. The largest absolute Gasteiger partial charge is 0.513 e. The molecule has 0 aliphatic rings. The smallest absolute Gasteiger partial charge is 0.504 e. The molecule has 1 aromatic heterocycles. The number of aromatic hydroxyl groups is 1. The predicted octanol–water partition coefficient (Wildman–Crippen LogP) is 0.351. The highest BCUT2D eigenvalue weighted by molar-refractivity contribution is 5.97. The van der Waals surface area contributed by atoms with Gasteiger partial charge in [0.1, 0.15) is 0 Å². The molecule has 254 valence electrons. The number of fused-ring (bicyclic) bond motifs is 1. The van der Waals surface area contributed by atoms with Crippen molar-refractivity contribution in [3.05, 3.63) is 62.9 Å². The van der Waals surface area contributed by atoms with E-state index < -0.39 is 47.5 Å². The van der Waals surface area contributed by atoms with Crippen LogP contribution >= 0.6 is 0 Å². The number of aromatic nitrogens is 1. The summed E-state index contributed by atoms with van der Waals surface area (Å²) in [5, 5.41) is 23.3. The number of carbonyl (C=O) groups excluding carboxylic acids is 4. The second-order valence-electron chi connectivity index (χ2n) is 9.72. The van der Waals surface area contributed by atoms with Crippen molar-refractivity contribution in [2.45, 2.75) is 25.8 Å². The van der Waals surface area contributed by atoms with Gasteiger partial charge < -0.3 is 39.8 Å². The van der Waals surface area contributed by atoms with Crippen molar-refractivity contribution in [2.75, 3.05) is 46.9 Å². The summed E-state index contributed by atoms with van der Waals surface area (Å²) in [5.74, 6) is -3.93. The minimum Gasteiger partial charge on any atom is -0.504 e. The summed E-state index contributed by atoms with van der Waals surface area (Å²) in [4.78, 5) is 85.6. The molecule has 47 heavy (non-hydrogen) atoms. The molecule has 0 spiro atoms. The topological polar surface area (TPSA) is 242 Å². The third-order valence-corrected chi connectivity index (χ3v) is 6.65. The molecule has 0 bridgehead atoms. The van der Waals surface area contributed by atoms with Gasteiger partial charge in [-0.25, -0.2) is 19.2 Å². The number of hydroxylamine groups is 2. The molecule has 2 aromatic carbocycles. The highest BCUT2D eigenvalue weighted by Gasteiger charge is 2.23. The van der Waals surface area contributed by atoms with Gasteiger partial charge in [0.05, 0.1) is 31.7 Å². The lowest BCUT2D eigenvalue weighted by Crippen LogP contribution is -2.41. The van der Waals surface area contributed by atoms with Crippen LogP contribution < -0.4 is 32.0 Å². The molecule has 3 aromatic rings. The predicted molar refractivity (Wildman–Crippen MR) is 161 cm³/mol. The summed E-state index contributed by atoms with van der Waals surface area (Å²) in [6.45, 7) is -0.153. The van der Waals surface area contributed by atoms with Crippen LogP contribution in [0.15, 0.2) is 50.4 Å². The Balaban J connectivity index is 1.55. The fourth-order valence-corrected chi connectivity index (χ4v) is 4.29. The standard InChI is InChI=1S/C29H35N5O13/c1-43-29(41)45-21-9-4-7-19-25(21)46-28(40)33(26(19)38)15-10-22(35)31-13-17-32(14-5-12-30)23(36)11-16-34(42)27(39)18-6-3-8-20(24(18)37)47-44-2/h3-4,6-9,37,42H,5,10-17,30H2,1-2H3,(H,31,35). The SMILES string of the molecule is COOc1cccc(C(=O)N(O)CCC(=O)N(CCCN)CCNC(=O)CCn2c(=O)oc3c(OC(=O)OC)cccc3c2=O)c1O. The zero-order valence-electron chi connectivity index (χ0n) is 25.6. The zero-order chi connectivity index (χ0) is 34.5. The minimum atomic E-state index is -1.08. The number of phenols is 1. The van der Waals surface area contributed by atoms with Gasteiger partial charge in [-0.05, 0) is 37.2 Å². The average molecular weight is 662 g/mol. The van der Waals surface area contributed by atoms with E-state index in [2.05, 4.69) is 14.9 Å². The number of benzene rings is 2. The number of phenolic OH excluding ortho intramolecular Hbond substituents is 1. The van der Waals surface area contributed by atoms with E-state index in [1.54, 1.807) is 0 Å². The van der Waals surface area contributed by atoms with E-state index in [1.807, 2.05) is 0 Å². The van der Waals surface area contributed by atoms with Gasteiger partial charge in [-0.1, -0.05) is 12.1 Å². The van der Waals surface area contributed by atoms with Gasteiger partial charge in [0, 0.05) is 39.0 Å². The molecule has 0 radical (unpaired) electrons. The van der Waals surface area contributed by atoms with E-state index in [1.165, 1.54) is 48.4 Å². The average Bonchev–Trinajstić information content (AvgIpc) is 3.05. The number of methoxy groups -OCH3 is 1. The van der Waals surface area contributed by atoms with Crippen LogP contribution in [0.1, 0.15) is 29.6 Å². The lowest BCUT2D eigenvalue weighted by molar-refractivity contribution is -0.179. The molecule has 0 unspecified atom stereocenters.